The van der Waals surface area contributed by atoms with Crippen molar-refractivity contribution in [2.75, 3.05) is 20.1 Å². The van der Waals surface area contributed by atoms with Gasteiger partial charge in [-0.3, -0.25) is 4.99 Å². The molecule has 1 saturated carbocycles. The zero-order valence-electron chi connectivity index (χ0n) is 10.2. The Morgan fingerprint density at radius 1 is 1.29 bits per heavy atom. The Balaban J connectivity index is 0.00000144. The molecule has 0 radical (unpaired) electrons. The fraction of sp³-hybridized carbons (Fsp3) is 0.583. The van der Waals surface area contributed by atoms with Crippen LogP contribution in [0.3, 0.4) is 0 Å². The number of hydrogen-bond acceptors (Lipinski definition) is 1. The van der Waals surface area contributed by atoms with E-state index in [1.54, 1.807) is 0 Å². The highest BCUT2D eigenvalue weighted by Crippen LogP contribution is 2.27. The zero-order valence-corrected chi connectivity index (χ0v) is 12.6. The molecule has 0 saturated heterocycles. The maximum atomic E-state index is 4.19. The van der Waals surface area contributed by atoms with E-state index in [9.17, 15) is 0 Å². The fourth-order valence-corrected chi connectivity index (χ4v) is 1.61. The third kappa shape index (κ3) is 5.43. The van der Waals surface area contributed by atoms with Crippen LogP contribution in [0.5, 0.6) is 0 Å². The van der Waals surface area contributed by atoms with Gasteiger partial charge in [0, 0.05) is 39.1 Å². The highest BCUT2D eigenvalue weighted by Gasteiger charge is 2.20. The molecule has 0 atom stereocenters. The SMILES string of the molecule is CN=C(NCCn1cccc1)NCC1CC1.I. The summed E-state index contributed by atoms with van der Waals surface area (Å²) in [5.41, 5.74) is 0. The molecule has 2 N–H and O–H groups in total. The number of aliphatic imine (C=N–C) groups is 1. The van der Waals surface area contributed by atoms with Crippen molar-refractivity contribution in [2.24, 2.45) is 10.9 Å². The maximum absolute atomic E-state index is 4.19. The molecule has 0 unspecified atom stereocenters. The van der Waals surface area contributed by atoms with Gasteiger partial charge in [0.25, 0.3) is 0 Å². The van der Waals surface area contributed by atoms with Gasteiger partial charge in [-0.15, -0.1) is 24.0 Å². The molecule has 1 aliphatic carbocycles. The topological polar surface area (TPSA) is 41.4 Å². The molecular formula is C12H21IN4. The summed E-state index contributed by atoms with van der Waals surface area (Å²) in [6, 6.07) is 4.08. The van der Waals surface area contributed by atoms with E-state index in [-0.39, 0.29) is 24.0 Å². The molecule has 17 heavy (non-hydrogen) atoms. The Morgan fingerprint density at radius 2 is 2.00 bits per heavy atom. The molecule has 5 heteroatoms. The molecule has 1 aliphatic rings. The summed E-state index contributed by atoms with van der Waals surface area (Å²) in [6.07, 6.45) is 6.88. The smallest absolute Gasteiger partial charge is 0.191 e. The lowest BCUT2D eigenvalue weighted by Crippen LogP contribution is -2.39. The number of halogens is 1. The molecule has 0 bridgehead atoms. The van der Waals surface area contributed by atoms with Crippen molar-refractivity contribution in [3.05, 3.63) is 24.5 Å². The van der Waals surface area contributed by atoms with Gasteiger partial charge < -0.3 is 15.2 Å². The van der Waals surface area contributed by atoms with Gasteiger partial charge in [-0.1, -0.05) is 0 Å². The fourth-order valence-electron chi connectivity index (χ4n) is 1.61. The second-order valence-electron chi connectivity index (χ2n) is 4.24. The van der Waals surface area contributed by atoms with E-state index in [4.69, 9.17) is 0 Å². The van der Waals surface area contributed by atoms with Crippen LogP contribution in [-0.4, -0.2) is 30.7 Å². The number of aromatic nitrogens is 1. The summed E-state index contributed by atoms with van der Waals surface area (Å²) in [4.78, 5) is 4.19. The minimum atomic E-state index is 0. The Bertz CT molecular complexity index is 330. The first-order valence-electron chi connectivity index (χ1n) is 5.94. The maximum Gasteiger partial charge on any atom is 0.191 e. The van der Waals surface area contributed by atoms with Crippen LogP contribution in [0, 0.1) is 5.92 Å². The predicted octanol–water partition coefficient (Wildman–Crippen LogP) is 1.68. The van der Waals surface area contributed by atoms with E-state index in [0.717, 1.165) is 31.5 Å². The van der Waals surface area contributed by atoms with Crippen molar-refractivity contribution in [2.45, 2.75) is 19.4 Å². The lowest BCUT2D eigenvalue weighted by molar-refractivity contribution is 0.659. The molecule has 0 spiro atoms. The molecule has 2 rings (SSSR count). The quantitative estimate of drug-likeness (QED) is 0.483. The summed E-state index contributed by atoms with van der Waals surface area (Å²) in [7, 11) is 1.82. The van der Waals surface area contributed by atoms with E-state index in [2.05, 4.69) is 32.6 Å². The summed E-state index contributed by atoms with van der Waals surface area (Å²) in [5, 5.41) is 6.65. The van der Waals surface area contributed by atoms with Gasteiger partial charge in [0.1, 0.15) is 0 Å². The first kappa shape index (κ1) is 14.3. The molecule has 0 aliphatic heterocycles. The summed E-state index contributed by atoms with van der Waals surface area (Å²) >= 11 is 0. The molecule has 1 fully saturated rings. The van der Waals surface area contributed by atoms with Gasteiger partial charge >= 0.3 is 0 Å². The van der Waals surface area contributed by atoms with Crippen molar-refractivity contribution >= 4 is 29.9 Å². The molecule has 1 aromatic heterocycles. The highest BCUT2D eigenvalue weighted by atomic mass is 127. The van der Waals surface area contributed by atoms with Crippen LogP contribution < -0.4 is 10.6 Å². The van der Waals surface area contributed by atoms with E-state index < -0.39 is 0 Å². The van der Waals surface area contributed by atoms with Crippen LogP contribution in [0.25, 0.3) is 0 Å². The van der Waals surface area contributed by atoms with Gasteiger partial charge in [0.2, 0.25) is 0 Å². The van der Waals surface area contributed by atoms with Crippen LogP contribution in [0.15, 0.2) is 29.5 Å². The van der Waals surface area contributed by atoms with Crippen LogP contribution in [0.2, 0.25) is 0 Å². The lowest BCUT2D eigenvalue weighted by atomic mass is 10.4. The lowest BCUT2D eigenvalue weighted by Gasteiger charge is -2.11. The van der Waals surface area contributed by atoms with Gasteiger partial charge in [-0.25, -0.2) is 0 Å². The van der Waals surface area contributed by atoms with Crippen molar-refractivity contribution in [3.8, 4) is 0 Å². The molecule has 96 valence electrons. The Morgan fingerprint density at radius 3 is 2.59 bits per heavy atom. The van der Waals surface area contributed by atoms with E-state index in [1.165, 1.54) is 12.8 Å². The summed E-state index contributed by atoms with van der Waals surface area (Å²) in [5.74, 6) is 1.79. The van der Waals surface area contributed by atoms with E-state index in [0.29, 0.717) is 0 Å². The molecule has 1 aromatic rings. The number of guanidine groups is 1. The number of rotatable bonds is 5. The molecule has 4 nitrogen and oxygen atoms in total. The van der Waals surface area contributed by atoms with Crippen molar-refractivity contribution in [3.63, 3.8) is 0 Å². The van der Waals surface area contributed by atoms with Gasteiger partial charge in [0.05, 0.1) is 0 Å². The van der Waals surface area contributed by atoms with E-state index >= 15 is 0 Å². The minimum Gasteiger partial charge on any atom is -0.356 e. The molecule has 0 amide bonds. The van der Waals surface area contributed by atoms with Crippen LogP contribution in [0.1, 0.15) is 12.8 Å². The first-order valence-corrected chi connectivity index (χ1v) is 5.94. The first-order chi connectivity index (χ1) is 7.88. The summed E-state index contributed by atoms with van der Waals surface area (Å²) < 4.78 is 2.15. The second-order valence-corrected chi connectivity index (χ2v) is 4.24. The number of nitrogens with one attached hydrogen (secondary N) is 2. The number of hydrogen-bond donors (Lipinski definition) is 2. The van der Waals surface area contributed by atoms with Crippen LogP contribution in [0.4, 0.5) is 0 Å². The standard InChI is InChI=1S/C12H20N4.HI/c1-13-12(15-10-11-4-5-11)14-6-9-16-7-2-3-8-16;/h2-3,7-8,11H,4-6,9-10H2,1H3,(H2,13,14,15);1H. The third-order valence-corrected chi connectivity index (χ3v) is 2.81. The average Bonchev–Trinajstić information content (AvgIpc) is 2.99. The number of nitrogens with zero attached hydrogens (tertiary/aromatic N) is 2. The predicted molar refractivity (Wildman–Crippen MR) is 81.9 cm³/mol. The largest absolute Gasteiger partial charge is 0.356 e. The minimum absolute atomic E-state index is 0. The highest BCUT2D eigenvalue weighted by molar-refractivity contribution is 14.0. The summed E-state index contributed by atoms with van der Waals surface area (Å²) in [6.45, 7) is 2.93. The normalized spacial score (nSPS) is 15.2. The molecular weight excluding hydrogens is 327 g/mol. The van der Waals surface area contributed by atoms with Gasteiger partial charge in [-0.05, 0) is 30.9 Å². The molecule has 0 aromatic carbocycles. The monoisotopic (exact) mass is 348 g/mol. The van der Waals surface area contributed by atoms with Crippen molar-refractivity contribution < 1.29 is 0 Å². The Kier molecular flexibility index (Phi) is 6.39. The third-order valence-electron chi connectivity index (χ3n) is 2.81. The average molecular weight is 348 g/mol. The van der Waals surface area contributed by atoms with E-state index in [1.807, 2.05) is 19.2 Å². The zero-order chi connectivity index (χ0) is 11.2. The van der Waals surface area contributed by atoms with Crippen LogP contribution >= 0.6 is 24.0 Å². The molecule has 1 heterocycles. The van der Waals surface area contributed by atoms with Crippen LogP contribution in [-0.2, 0) is 6.54 Å². The Labute approximate surface area is 120 Å². The van der Waals surface area contributed by atoms with Gasteiger partial charge in [0.15, 0.2) is 5.96 Å². The van der Waals surface area contributed by atoms with Crippen molar-refractivity contribution in [1.29, 1.82) is 0 Å². The Hall–Kier alpha value is -0.720. The van der Waals surface area contributed by atoms with Crippen molar-refractivity contribution in [1.82, 2.24) is 15.2 Å². The second kappa shape index (κ2) is 7.58. The van der Waals surface area contributed by atoms with Gasteiger partial charge in [-0.2, -0.15) is 0 Å².